The van der Waals surface area contributed by atoms with E-state index in [1.54, 1.807) is 47.3 Å². The molecular formula is C25H19Cl3N4O3. The Kier molecular flexibility index (Phi) is 7.40. The van der Waals surface area contributed by atoms with Crippen molar-refractivity contribution in [2.75, 3.05) is 0 Å². The molecule has 4 rings (SSSR count). The van der Waals surface area contributed by atoms with Gasteiger partial charge in [-0.25, -0.2) is 4.68 Å². The van der Waals surface area contributed by atoms with E-state index in [1.165, 1.54) is 13.1 Å². The van der Waals surface area contributed by atoms with Crippen LogP contribution in [-0.4, -0.2) is 26.6 Å². The summed E-state index contributed by atoms with van der Waals surface area (Å²) in [6.07, 6.45) is 2.97. The summed E-state index contributed by atoms with van der Waals surface area (Å²) in [7, 11) is 0. The van der Waals surface area contributed by atoms with E-state index in [4.69, 9.17) is 39.5 Å². The Hall–Kier alpha value is -3.39. The number of carbonyl (C=O) groups is 2. The molecule has 0 bridgehead atoms. The smallest absolute Gasteiger partial charge is 0.308 e. The van der Waals surface area contributed by atoms with E-state index in [2.05, 4.69) is 15.4 Å². The molecule has 35 heavy (non-hydrogen) atoms. The molecule has 4 aromatic rings. The monoisotopic (exact) mass is 528 g/mol. The van der Waals surface area contributed by atoms with Gasteiger partial charge in [0.05, 0.1) is 22.6 Å². The first kappa shape index (κ1) is 24.7. The Bertz CT molecular complexity index is 1420. The molecule has 0 aliphatic heterocycles. The van der Waals surface area contributed by atoms with Gasteiger partial charge in [0.2, 0.25) is 0 Å². The van der Waals surface area contributed by atoms with E-state index in [9.17, 15) is 9.59 Å². The van der Waals surface area contributed by atoms with Gasteiger partial charge in [-0.3, -0.25) is 14.6 Å². The molecule has 0 fully saturated rings. The molecule has 0 spiro atoms. The zero-order chi connectivity index (χ0) is 25.1. The fourth-order valence-electron chi connectivity index (χ4n) is 3.55. The largest absolute Gasteiger partial charge is 0.425 e. The van der Waals surface area contributed by atoms with Gasteiger partial charge in [0.25, 0.3) is 5.91 Å². The van der Waals surface area contributed by atoms with Crippen LogP contribution in [0.25, 0.3) is 16.9 Å². The second-order valence-corrected chi connectivity index (χ2v) is 8.88. The molecule has 0 aliphatic rings. The summed E-state index contributed by atoms with van der Waals surface area (Å²) in [6, 6.07) is 13.9. The van der Waals surface area contributed by atoms with Gasteiger partial charge in [0.15, 0.2) is 11.4 Å². The van der Waals surface area contributed by atoms with Gasteiger partial charge in [-0.05, 0) is 43.3 Å². The fourth-order valence-corrected chi connectivity index (χ4v) is 4.16. The van der Waals surface area contributed by atoms with Crippen LogP contribution in [0.4, 0.5) is 0 Å². The minimum atomic E-state index is -0.479. The Morgan fingerprint density at radius 1 is 1.03 bits per heavy atom. The first-order chi connectivity index (χ1) is 16.7. The summed E-state index contributed by atoms with van der Waals surface area (Å²) in [5.74, 6) is -0.614. The van der Waals surface area contributed by atoms with Crippen LogP contribution in [0, 0.1) is 6.92 Å². The highest BCUT2D eigenvalue weighted by molar-refractivity contribution is 6.35. The average molecular weight is 530 g/mol. The quantitative estimate of drug-likeness (QED) is 0.307. The van der Waals surface area contributed by atoms with Crippen LogP contribution < -0.4 is 10.1 Å². The molecule has 0 radical (unpaired) electrons. The van der Waals surface area contributed by atoms with E-state index in [-0.39, 0.29) is 18.0 Å². The summed E-state index contributed by atoms with van der Waals surface area (Å²) >= 11 is 18.6. The molecule has 178 valence electrons. The molecule has 1 N–H and O–H groups in total. The summed E-state index contributed by atoms with van der Waals surface area (Å²) < 4.78 is 6.78. The van der Waals surface area contributed by atoms with Gasteiger partial charge in [0.1, 0.15) is 0 Å². The third-order valence-corrected chi connectivity index (χ3v) is 5.95. The van der Waals surface area contributed by atoms with Crippen LogP contribution in [0.3, 0.4) is 0 Å². The number of hydrogen-bond acceptors (Lipinski definition) is 5. The maximum atomic E-state index is 13.2. The Labute approximate surface area is 216 Å². The fraction of sp³-hybridized carbons (Fsp3) is 0.120. The lowest BCUT2D eigenvalue weighted by Crippen LogP contribution is -2.24. The first-order valence-corrected chi connectivity index (χ1v) is 11.6. The number of rotatable bonds is 6. The predicted octanol–water partition coefficient (Wildman–Crippen LogP) is 6.06. The highest BCUT2D eigenvalue weighted by Crippen LogP contribution is 2.33. The molecule has 0 aliphatic carbocycles. The van der Waals surface area contributed by atoms with Gasteiger partial charge in [-0.15, -0.1) is 0 Å². The highest BCUT2D eigenvalue weighted by Gasteiger charge is 2.23. The summed E-state index contributed by atoms with van der Waals surface area (Å²) in [5.41, 5.74) is 3.50. The molecule has 0 saturated carbocycles. The number of ether oxygens (including phenoxy) is 1. The van der Waals surface area contributed by atoms with Crippen molar-refractivity contribution in [3.05, 3.63) is 92.8 Å². The zero-order valence-electron chi connectivity index (χ0n) is 18.7. The summed E-state index contributed by atoms with van der Waals surface area (Å²) in [5, 5.41) is 8.88. The number of esters is 1. The number of aromatic nitrogens is 3. The Morgan fingerprint density at radius 3 is 2.43 bits per heavy atom. The molecule has 1 amide bonds. The van der Waals surface area contributed by atoms with Gasteiger partial charge in [-0.1, -0.05) is 46.9 Å². The number of amides is 1. The number of carbonyl (C=O) groups excluding carboxylic acids is 2. The van der Waals surface area contributed by atoms with Crippen LogP contribution in [0.15, 0.2) is 60.9 Å². The lowest BCUT2D eigenvalue weighted by Gasteiger charge is -2.11. The second-order valence-electron chi connectivity index (χ2n) is 7.60. The SMILES string of the molecule is CC(=O)Oc1cnccc1CNC(=O)c1nn(-c2ccc(Cl)cc2Cl)c(-c2ccc(Cl)cc2)c1C. The van der Waals surface area contributed by atoms with Crippen LogP contribution in [0.5, 0.6) is 5.75 Å². The standard InChI is InChI=1S/C25H19Cl3N4O3/c1-14-23(25(34)30-12-17-9-10-29-13-22(17)35-15(2)33)31-32(21-8-7-19(27)11-20(21)28)24(14)16-3-5-18(26)6-4-16/h3-11,13H,12H2,1-2H3,(H,30,34). The van der Waals surface area contributed by atoms with Crippen molar-refractivity contribution >= 4 is 46.7 Å². The van der Waals surface area contributed by atoms with E-state index in [1.807, 2.05) is 19.1 Å². The molecule has 2 aromatic heterocycles. The van der Waals surface area contributed by atoms with E-state index in [0.717, 1.165) is 5.56 Å². The van der Waals surface area contributed by atoms with Crippen LogP contribution in [-0.2, 0) is 11.3 Å². The Morgan fingerprint density at radius 2 is 1.74 bits per heavy atom. The normalized spacial score (nSPS) is 10.8. The van der Waals surface area contributed by atoms with Crippen molar-refractivity contribution in [3.8, 4) is 22.7 Å². The summed E-state index contributed by atoms with van der Waals surface area (Å²) in [6.45, 7) is 3.21. The van der Waals surface area contributed by atoms with Crippen molar-refractivity contribution < 1.29 is 14.3 Å². The number of benzene rings is 2. The molecule has 0 unspecified atom stereocenters. The van der Waals surface area contributed by atoms with Crippen molar-refractivity contribution in [3.63, 3.8) is 0 Å². The average Bonchev–Trinajstić information content (AvgIpc) is 3.15. The molecule has 0 saturated heterocycles. The zero-order valence-corrected chi connectivity index (χ0v) is 20.9. The molecule has 2 aromatic carbocycles. The lowest BCUT2D eigenvalue weighted by atomic mass is 10.1. The summed E-state index contributed by atoms with van der Waals surface area (Å²) in [4.78, 5) is 28.5. The molecule has 2 heterocycles. The third-order valence-electron chi connectivity index (χ3n) is 5.16. The number of pyridine rings is 1. The van der Waals surface area contributed by atoms with Crippen LogP contribution in [0.1, 0.15) is 28.5 Å². The van der Waals surface area contributed by atoms with Crippen LogP contribution >= 0.6 is 34.8 Å². The number of halogens is 3. The Balaban J connectivity index is 1.72. The maximum absolute atomic E-state index is 13.2. The van der Waals surface area contributed by atoms with E-state index >= 15 is 0 Å². The van der Waals surface area contributed by atoms with Gasteiger partial charge >= 0.3 is 5.97 Å². The van der Waals surface area contributed by atoms with Gasteiger partial charge < -0.3 is 10.1 Å². The topological polar surface area (TPSA) is 86.1 Å². The molecular weight excluding hydrogens is 511 g/mol. The van der Waals surface area contributed by atoms with Crippen molar-refractivity contribution in [2.45, 2.75) is 20.4 Å². The number of hydrogen-bond donors (Lipinski definition) is 1. The molecule has 0 atom stereocenters. The van der Waals surface area contributed by atoms with Gasteiger partial charge in [0, 0.05) is 46.4 Å². The van der Waals surface area contributed by atoms with E-state index < -0.39 is 11.9 Å². The van der Waals surface area contributed by atoms with E-state index in [0.29, 0.717) is 37.6 Å². The highest BCUT2D eigenvalue weighted by atomic mass is 35.5. The number of nitrogens with one attached hydrogen (secondary N) is 1. The number of nitrogens with zero attached hydrogens (tertiary/aromatic N) is 3. The van der Waals surface area contributed by atoms with Crippen LogP contribution in [0.2, 0.25) is 15.1 Å². The minimum Gasteiger partial charge on any atom is -0.425 e. The molecule has 10 heteroatoms. The minimum absolute atomic E-state index is 0.105. The second kappa shape index (κ2) is 10.5. The van der Waals surface area contributed by atoms with Crippen molar-refractivity contribution in [1.29, 1.82) is 0 Å². The van der Waals surface area contributed by atoms with Gasteiger partial charge in [-0.2, -0.15) is 5.10 Å². The van der Waals surface area contributed by atoms with Crippen molar-refractivity contribution in [1.82, 2.24) is 20.1 Å². The third kappa shape index (κ3) is 5.48. The maximum Gasteiger partial charge on any atom is 0.308 e. The predicted molar refractivity (Wildman–Crippen MR) is 135 cm³/mol. The molecule has 7 nitrogen and oxygen atoms in total. The van der Waals surface area contributed by atoms with Crippen molar-refractivity contribution in [2.24, 2.45) is 0 Å². The first-order valence-electron chi connectivity index (χ1n) is 10.4. The lowest BCUT2D eigenvalue weighted by molar-refractivity contribution is -0.131.